The molecule has 0 amide bonds. The Morgan fingerprint density at radius 1 is 1.25 bits per heavy atom. The van der Waals surface area contributed by atoms with E-state index in [0.29, 0.717) is 12.2 Å². The number of ether oxygens (including phenoxy) is 1. The molecule has 0 radical (unpaired) electrons. The fourth-order valence-corrected chi connectivity index (χ4v) is 2.53. The highest BCUT2D eigenvalue weighted by molar-refractivity contribution is 5.61. The van der Waals surface area contributed by atoms with Gasteiger partial charge in [0.1, 0.15) is 5.75 Å². The van der Waals surface area contributed by atoms with Crippen LogP contribution in [0.15, 0.2) is 33.9 Å². The minimum Gasteiger partial charge on any atom is -0.497 e. The zero-order valence-electron chi connectivity index (χ0n) is 11.1. The van der Waals surface area contributed by atoms with Crippen molar-refractivity contribution in [3.63, 3.8) is 0 Å². The van der Waals surface area contributed by atoms with Crippen LogP contribution in [0.2, 0.25) is 0 Å². The van der Waals surface area contributed by atoms with Gasteiger partial charge in [0, 0.05) is 30.1 Å². The number of benzene rings is 1. The number of H-pyrrole nitrogens is 2. The molecule has 0 fully saturated rings. The first-order valence-corrected chi connectivity index (χ1v) is 6.40. The third-order valence-electron chi connectivity index (χ3n) is 3.46. The van der Waals surface area contributed by atoms with Gasteiger partial charge in [0.25, 0.3) is 5.56 Å². The Hall–Kier alpha value is -2.50. The van der Waals surface area contributed by atoms with E-state index in [1.807, 2.05) is 12.1 Å². The molecule has 0 aliphatic carbocycles. The molecule has 1 aliphatic heterocycles. The molecule has 0 bridgehead atoms. The second kappa shape index (κ2) is 4.88. The fourth-order valence-electron chi connectivity index (χ4n) is 2.53. The molecule has 20 heavy (non-hydrogen) atoms. The summed E-state index contributed by atoms with van der Waals surface area (Å²) in [5.41, 5.74) is 2.09. The van der Waals surface area contributed by atoms with Crippen molar-refractivity contribution >= 4 is 5.69 Å². The Morgan fingerprint density at radius 3 is 2.85 bits per heavy atom. The van der Waals surface area contributed by atoms with Gasteiger partial charge in [-0.25, -0.2) is 4.79 Å². The highest BCUT2D eigenvalue weighted by Crippen LogP contribution is 2.32. The Kier molecular flexibility index (Phi) is 3.06. The average Bonchev–Trinajstić information content (AvgIpc) is 2.80. The van der Waals surface area contributed by atoms with Crippen LogP contribution < -0.4 is 20.9 Å². The molecule has 0 saturated carbocycles. The number of methoxy groups -OCH3 is 1. The van der Waals surface area contributed by atoms with Gasteiger partial charge in [-0.2, -0.15) is 0 Å². The van der Waals surface area contributed by atoms with Crippen LogP contribution in [0.3, 0.4) is 0 Å². The van der Waals surface area contributed by atoms with Crippen molar-refractivity contribution in [2.45, 2.75) is 13.0 Å². The highest BCUT2D eigenvalue weighted by atomic mass is 16.5. The molecule has 1 aliphatic rings. The summed E-state index contributed by atoms with van der Waals surface area (Å²) in [5, 5.41) is 0. The van der Waals surface area contributed by atoms with E-state index in [-0.39, 0.29) is 5.56 Å². The van der Waals surface area contributed by atoms with Crippen molar-refractivity contribution in [3.05, 3.63) is 56.4 Å². The first-order chi connectivity index (χ1) is 9.65. The molecule has 2 aromatic rings. The molecule has 6 heteroatoms. The summed E-state index contributed by atoms with van der Waals surface area (Å²) in [6, 6.07) is 7.39. The number of hydrogen-bond acceptors (Lipinski definition) is 4. The smallest absolute Gasteiger partial charge is 0.325 e. The molecule has 3 rings (SSSR count). The minimum absolute atomic E-state index is 0.381. The van der Waals surface area contributed by atoms with Crippen molar-refractivity contribution in [2.75, 3.05) is 18.6 Å². The van der Waals surface area contributed by atoms with Crippen LogP contribution in [0.4, 0.5) is 5.69 Å². The predicted molar refractivity (Wildman–Crippen MR) is 75.4 cm³/mol. The Labute approximate surface area is 115 Å². The van der Waals surface area contributed by atoms with E-state index < -0.39 is 5.69 Å². The van der Waals surface area contributed by atoms with Crippen LogP contribution in [0.25, 0.3) is 0 Å². The quantitative estimate of drug-likeness (QED) is 0.860. The summed E-state index contributed by atoms with van der Waals surface area (Å²) < 4.78 is 5.24. The van der Waals surface area contributed by atoms with Crippen LogP contribution in [-0.4, -0.2) is 23.6 Å². The van der Waals surface area contributed by atoms with Gasteiger partial charge < -0.3 is 14.6 Å². The molecule has 2 N–H and O–H groups in total. The van der Waals surface area contributed by atoms with Gasteiger partial charge in [-0.3, -0.25) is 9.78 Å². The van der Waals surface area contributed by atoms with Crippen molar-refractivity contribution in [1.82, 2.24) is 9.97 Å². The number of aromatic nitrogens is 2. The van der Waals surface area contributed by atoms with Crippen LogP contribution in [0.1, 0.15) is 11.3 Å². The first-order valence-electron chi connectivity index (χ1n) is 6.40. The third-order valence-corrected chi connectivity index (χ3v) is 3.46. The van der Waals surface area contributed by atoms with Gasteiger partial charge in [-0.15, -0.1) is 0 Å². The summed E-state index contributed by atoms with van der Waals surface area (Å²) in [5.74, 6) is 0.801. The number of nitrogens with one attached hydrogen (secondary N) is 2. The number of nitrogens with zero attached hydrogens (tertiary/aromatic N) is 1. The van der Waals surface area contributed by atoms with Crippen LogP contribution in [0.5, 0.6) is 5.75 Å². The van der Waals surface area contributed by atoms with Gasteiger partial charge in [0.2, 0.25) is 0 Å². The normalized spacial score (nSPS) is 13.3. The molecule has 0 atom stereocenters. The average molecular weight is 273 g/mol. The molecule has 2 heterocycles. The van der Waals surface area contributed by atoms with E-state index in [1.54, 1.807) is 7.11 Å². The van der Waals surface area contributed by atoms with Gasteiger partial charge in [-0.05, 0) is 18.1 Å². The lowest BCUT2D eigenvalue weighted by Gasteiger charge is -2.19. The van der Waals surface area contributed by atoms with Crippen LogP contribution in [-0.2, 0) is 13.0 Å². The van der Waals surface area contributed by atoms with Crippen molar-refractivity contribution in [2.24, 2.45) is 0 Å². The zero-order chi connectivity index (χ0) is 14.1. The van der Waals surface area contributed by atoms with Crippen LogP contribution >= 0.6 is 0 Å². The molecule has 1 aromatic carbocycles. The first kappa shape index (κ1) is 12.5. The lowest BCUT2D eigenvalue weighted by atomic mass is 10.1. The van der Waals surface area contributed by atoms with Gasteiger partial charge in [0.15, 0.2) is 0 Å². The zero-order valence-corrected chi connectivity index (χ0v) is 11.1. The van der Waals surface area contributed by atoms with Crippen LogP contribution in [0, 0.1) is 0 Å². The molecular formula is C14H15N3O3. The number of hydrogen-bond donors (Lipinski definition) is 2. The van der Waals surface area contributed by atoms with E-state index >= 15 is 0 Å². The third kappa shape index (κ3) is 2.32. The predicted octanol–water partition coefficient (Wildman–Crippen LogP) is 0.634. The second-order valence-electron chi connectivity index (χ2n) is 4.78. The highest BCUT2D eigenvalue weighted by Gasteiger charge is 2.20. The van der Waals surface area contributed by atoms with E-state index in [2.05, 4.69) is 20.9 Å². The Bertz CT molecular complexity index is 720. The van der Waals surface area contributed by atoms with E-state index in [1.165, 1.54) is 11.6 Å². The molecule has 0 unspecified atom stereocenters. The summed E-state index contributed by atoms with van der Waals surface area (Å²) in [6.07, 6.45) is 0.951. The van der Waals surface area contributed by atoms with Gasteiger partial charge in [-0.1, -0.05) is 6.07 Å². The van der Waals surface area contributed by atoms with Gasteiger partial charge in [0.05, 0.1) is 13.7 Å². The summed E-state index contributed by atoms with van der Waals surface area (Å²) >= 11 is 0. The lowest BCUT2D eigenvalue weighted by Crippen LogP contribution is -2.27. The van der Waals surface area contributed by atoms with Gasteiger partial charge >= 0.3 is 5.69 Å². The maximum Gasteiger partial charge on any atom is 0.325 e. The number of fused-ring (bicyclic) bond motifs is 1. The van der Waals surface area contributed by atoms with Crippen molar-refractivity contribution in [3.8, 4) is 5.75 Å². The molecule has 1 aromatic heterocycles. The lowest BCUT2D eigenvalue weighted by molar-refractivity contribution is 0.415. The largest absolute Gasteiger partial charge is 0.497 e. The van der Waals surface area contributed by atoms with E-state index in [4.69, 9.17) is 4.74 Å². The maximum absolute atomic E-state index is 11.3. The fraction of sp³-hybridized carbons (Fsp3) is 0.286. The number of aromatic amines is 2. The topological polar surface area (TPSA) is 78.2 Å². The molecule has 104 valence electrons. The number of anilines is 1. The molecule has 6 nitrogen and oxygen atoms in total. The molecular weight excluding hydrogens is 258 g/mol. The van der Waals surface area contributed by atoms with E-state index in [0.717, 1.165) is 24.4 Å². The maximum atomic E-state index is 11.3. The molecule has 0 saturated heterocycles. The molecule has 0 spiro atoms. The minimum atomic E-state index is -0.474. The monoisotopic (exact) mass is 273 g/mol. The second-order valence-corrected chi connectivity index (χ2v) is 4.78. The summed E-state index contributed by atoms with van der Waals surface area (Å²) in [7, 11) is 1.63. The standard InChI is InChI=1S/C14H15N3O3/c1-20-11-3-2-9-4-5-17(12(9)7-11)8-10-6-13(18)16-14(19)15-10/h2-3,6-7H,4-5,8H2,1H3,(H2,15,16,18,19). The van der Waals surface area contributed by atoms with E-state index in [9.17, 15) is 9.59 Å². The van der Waals surface area contributed by atoms with Crippen molar-refractivity contribution < 1.29 is 4.74 Å². The summed E-state index contributed by atoms with van der Waals surface area (Å²) in [4.78, 5) is 29.5. The Morgan fingerprint density at radius 2 is 2.10 bits per heavy atom. The summed E-state index contributed by atoms with van der Waals surface area (Å²) in [6.45, 7) is 1.36. The number of rotatable bonds is 3. The Balaban J connectivity index is 1.91. The SMILES string of the molecule is COc1ccc2c(c1)N(Cc1cc(=O)[nH]c(=O)[nH]1)CC2. The van der Waals surface area contributed by atoms with Crippen molar-refractivity contribution in [1.29, 1.82) is 0 Å².